The van der Waals surface area contributed by atoms with Crippen molar-refractivity contribution in [2.45, 2.75) is 6.92 Å². The Morgan fingerprint density at radius 2 is 2.05 bits per heavy atom. The molecule has 20 heavy (non-hydrogen) atoms. The molecular weight excluding hydrogens is 267 g/mol. The van der Waals surface area contributed by atoms with Crippen LogP contribution in [-0.2, 0) is 0 Å². The Labute approximate surface area is 115 Å². The first-order valence-corrected chi connectivity index (χ1v) is 5.96. The number of carbonyl (C=O) groups is 1. The monoisotopic (exact) mass is 284 g/mol. The number of aryl methyl sites for hydroxylation is 1. The maximum atomic E-state index is 13.3. The van der Waals surface area contributed by atoms with Crippen LogP contribution >= 0.6 is 0 Å². The van der Waals surface area contributed by atoms with E-state index in [4.69, 9.17) is 0 Å². The zero-order valence-electron chi connectivity index (χ0n) is 11.6. The van der Waals surface area contributed by atoms with Gasteiger partial charge in [-0.3, -0.25) is 10.1 Å². The minimum atomic E-state index is -0.650. The van der Waals surface area contributed by atoms with E-state index < -0.39 is 10.7 Å². The molecule has 2 N–H and O–H groups in total. The Morgan fingerprint density at radius 3 is 2.60 bits per heavy atom. The van der Waals surface area contributed by atoms with Crippen molar-refractivity contribution < 1.29 is 14.1 Å². The smallest absolute Gasteiger partial charge is 0.316 e. The van der Waals surface area contributed by atoms with Gasteiger partial charge in [-0.05, 0) is 18.6 Å². The predicted molar refractivity (Wildman–Crippen MR) is 73.4 cm³/mol. The summed E-state index contributed by atoms with van der Waals surface area (Å²) in [6.07, 6.45) is 0. The van der Waals surface area contributed by atoms with Crippen molar-refractivity contribution in [1.82, 2.24) is 10.2 Å². The third-order valence-corrected chi connectivity index (χ3v) is 2.60. The van der Waals surface area contributed by atoms with Gasteiger partial charge in [0.1, 0.15) is 11.5 Å². The van der Waals surface area contributed by atoms with Crippen LogP contribution in [0.25, 0.3) is 0 Å². The number of urea groups is 1. The second-order valence-electron chi connectivity index (χ2n) is 4.43. The van der Waals surface area contributed by atoms with E-state index >= 15 is 0 Å². The molecule has 0 aliphatic heterocycles. The molecule has 0 aromatic heterocycles. The topological polar surface area (TPSA) is 87.5 Å². The summed E-state index contributed by atoms with van der Waals surface area (Å²) in [4.78, 5) is 22.8. The quantitative estimate of drug-likeness (QED) is 0.489. The number of benzene rings is 1. The van der Waals surface area contributed by atoms with Crippen LogP contribution in [0.5, 0.6) is 0 Å². The molecule has 0 aliphatic carbocycles. The van der Waals surface area contributed by atoms with Crippen molar-refractivity contribution in [1.29, 1.82) is 0 Å². The average Bonchev–Trinajstić information content (AvgIpc) is 2.37. The molecule has 0 heterocycles. The Morgan fingerprint density at radius 1 is 1.40 bits per heavy atom. The van der Waals surface area contributed by atoms with E-state index in [0.717, 1.165) is 6.07 Å². The van der Waals surface area contributed by atoms with Crippen LogP contribution in [-0.4, -0.2) is 43.0 Å². The molecule has 0 bridgehead atoms. The SMILES string of the molecule is Cc1cc(NCCNC(=O)N(C)C)c([N+](=O)[O-])cc1F. The Hall–Kier alpha value is -2.38. The van der Waals surface area contributed by atoms with Gasteiger partial charge in [0.2, 0.25) is 0 Å². The van der Waals surface area contributed by atoms with E-state index in [-0.39, 0.29) is 17.4 Å². The number of amides is 2. The molecule has 0 saturated carbocycles. The summed E-state index contributed by atoms with van der Waals surface area (Å²) >= 11 is 0. The first-order chi connectivity index (χ1) is 9.32. The highest BCUT2D eigenvalue weighted by Crippen LogP contribution is 2.27. The molecular formula is C12H17FN4O3. The molecule has 1 rings (SSSR count). The number of hydrogen-bond donors (Lipinski definition) is 2. The van der Waals surface area contributed by atoms with E-state index in [2.05, 4.69) is 10.6 Å². The number of nitrogens with one attached hydrogen (secondary N) is 2. The van der Waals surface area contributed by atoms with Gasteiger partial charge in [0.25, 0.3) is 5.69 Å². The highest BCUT2D eigenvalue weighted by molar-refractivity contribution is 5.73. The minimum absolute atomic E-state index is 0.230. The van der Waals surface area contributed by atoms with E-state index in [1.165, 1.54) is 17.9 Å². The van der Waals surface area contributed by atoms with Gasteiger partial charge >= 0.3 is 6.03 Å². The molecule has 0 radical (unpaired) electrons. The summed E-state index contributed by atoms with van der Waals surface area (Å²) < 4.78 is 13.3. The molecule has 110 valence electrons. The average molecular weight is 284 g/mol. The number of hydrogen-bond acceptors (Lipinski definition) is 4. The van der Waals surface area contributed by atoms with Gasteiger partial charge in [0.15, 0.2) is 0 Å². The Kier molecular flexibility index (Phi) is 5.24. The van der Waals surface area contributed by atoms with Crippen LogP contribution in [0.4, 0.5) is 20.6 Å². The zero-order valence-corrected chi connectivity index (χ0v) is 11.6. The van der Waals surface area contributed by atoms with Crippen LogP contribution in [0.15, 0.2) is 12.1 Å². The summed E-state index contributed by atoms with van der Waals surface area (Å²) in [5.74, 6) is -0.622. The molecule has 1 aromatic rings. The zero-order chi connectivity index (χ0) is 15.3. The van der Waals surface area contributed by atoms with E-state index in [9.17, 15) is 19.3 Å². The molecule has 0 fully saturated rings. The summed E-state index contributed by atoms with van der Waals surface area (Å²) in [6.45, 7) is 2.12. The fraction of sp³-hybridized carbons (Fsp3) is 0.417. The van der Waals surface area contributed by atoms with Crippen LogP contribution in [0.2, 0.25) is 0 Å². The second kappa shape index (κ2) is 6.69. The molecule has 0 aliphatic rings. The summed E-state index contributed by atoms with van der Waals surface area (Å²) in [5, 5.41) is 16.3. The Bertz CT molecular complexity index is 520. The van der Waals surface area contributed by atoms with Gasteiger partial charge in [-0.2, -0.15) is 0 Å². The van der Waals surface area contributed by atoms with Crippen molar-refractivity contribution >= 4 is 17.4 Å². The highest BCUT2D eigenvalue weighted by Gasteiger charge is 2.16. The van der Waals surface area contributed by atoms with Gasteiger partial charge in [0.05, 0.1) is 11.0 Å². The Balaban J connectivity index is 2.66. The third kappa shape index (κ3) is 4.08. The maximum absolute atomic E-state index is 13.3. The van der Waals surface area contributed by atoms with Crippen molar-refractivity contribution in [2.24, 2.45) is 0 Å². The van der Waals surface area contributed by atoms with Crippen LogP contribution in [0.1, 0.15) is 5.56 Å². The van der Waals surface area contributed by atoms with Crippen LogP contribution in [0.3, 0.4) is 0 Å². The molecule has 0 spiro atoms. The van der Waals surface area contributed by atoms with Gasteiger partial charge < -0.3 is 15.5 Å². The second-order valence-corrected chi connectivity index (χ2v) is 4.43. The van der Waals surface area contributed by atoms with E-state index in [1.807, 2.05) is 0 Å². The lowest BCUT2D eigenvalue weighted by molar-refractivity contribution is -0.384. The largest absolute Gasteiger partial charge is 0.378 e. The van der Waals surface area contributed by atoms with Crippen LogP contribution in [0, 0.1) is 22.9 Å². The van der Waals surface area contributed by atoms with Crippen molar-refractivity contribution in [2.75, 3.05) is 32.5 Å². The molecule has 2 amide bonds. The van der Waals surface area contributed by atoms with Crippen LogP contribution < -0.4 is 10.6 Å². The number of anilines is 1. The molecule has 1 aromatic carbocycles. The van der Waals surface area contributed by atoms with Gasteiger partial charge in [-0.25, -0.2) is 9.18 Å². The number of nitrogens with zero attached hydrogens (tertiary/aromatic N) is 2. The third-order valence-electron chi connectivity index (χ3n) is 2.60. The van der Waals surface area contributed by atoms with Gasteiger partial charge in [-0.1, -0.05) is 0 Å². The maximum Gasteiger partial charge on any atom is 0.316 e. The van der Waals surface area contributed by atoms with Crippen molar-refractivity contribution in [3.63, 3.8) is 0 Å². The lowest BCUT2D eigenvalue weighted by Gasteiger charge is -2.13. The normalized spacial score (nSPS) is 10.0. The summed E-state index contributed by atoms with van der Waals surface area (Å²) in [6, 6.07) is 2.01. The van der Waals surface area contributed by atoms with E-state index in [0.29, 0.717) is 18.7 Å². The number of nitro groups is 1. The molecule has 0 saturated heterocycles. The first-order valence-electron chi connectivity index (χ1n) is 5.96. The number of nitro benzene ring substituents is 1. The number of carbonyl (C=O) groups excluding carboxylic acids is 1. The van der Waals surface area contributed by atoms with Gasteiger partial charge in [-0.15, -0.1) is 0 Å². The van der Waals surface area contributed by atoms with Gasteiger partial charge in [0, 0.05) is 27.2 Å². The minimum Gasteiger partial charge on any atom is -0.378 e. The first kappa shape index (κ1) is 15.7. The fourth-order valence-corrected chi connectivity index (χ4v) is 1.49. The lowest BCUT2D eigenvalue weighted by Crippen LogP contribution is -2.37. The van der Waals surface area contributed by atoms with E-state index in [1.54, 1.807) is 14.1 Å². The summed E-state index contributed by atoms with van der Waals surface area (Å²) in [5.41, 5.74) is 0.218. The molecule has 7 nitrogen and oxygen atoms in total. The van der Waals surface area contributed by atoms with Crippen molar-refractivity contribution in [3.05, 3.63) is 33.6 Å². The predicted octanol–water partition coefficient (Wildman–Crippen LogP) is 1.73. The lowest BCUT2D eigenvalue weighted by atomic mass is 10.2. The molecule has 8 heteroatoms. The summed E-state index contributed by atoms with van der Waals surface area (Å²) in [7, 11) is 3.22. The van der Waals surface area contributed by atoms with Crippen molar-refractivity contribution in [3.8, 4) is 0 Å². The fourth-order valence-electron chi connectivity index (χ4n) is 1.49. The number of halogens is 1. The standard InChI is InChI=1S/C12H17FN4O3/c1-8-6-10(11(17(19)20)7-9(8)13)14-4-5-15-12(18)16(2)3/h6-7,14H,4-5H2,1-3H3,(H,15,18). The molecule has 0 atom stereocenters. The highest BCUT2D eigenvalue weighted by atomic mass is 19.1. The molecule has 0 unspecified atom stereocenters. The number of rotatable bonds is 5.